The minimum absolute atomic E-state index is 0.0997. The van der Waals surface area contributed by atoms with E-state index in [1.165, 1.54) is 0 Å². The van der Waals surface area contributed by atoms with Crippen LogP contribution in [0, 0.1) is 0 Å². The molecule has 1 heterocycles. The Bertz CT molecular complexity index is 365. The molecule has 0 radical (unpaired) electrons. The number of rotatable bonds is 5. The lowest BCUT2D eigenvalue weighted by molar-refractivity contribution is 0.0762. The summed E-state index contributed by atoms with van der Waals surface area (Å²) in [5.74, 6) is -0.0929. The zero-order chi connectivity index (χ0) is 12.0. The second-order valence-electron chi connectivity index (χ2n) is 3.02. The number of nitrogens with two attached hydrogens (primary N) is 1. The maximum Gasteiger partial charge on any atom is 0.275 e. The molecular weight excluding hydrogens is 230 g/mol. The van der Waals surface area contributed by atoms with E-state index in [0.717, 1.165) is 11.5 Å². The zero-order valence-corrected chi connectivity index (χ0v) is 9.65. The van der Waals surface area contributed by atoms with E-state index in [9.17, 15) is 4.79 Å². The molecule has 0 unspecified atom stereocenters. The van der Waals surface area contributed by atoms with Gasteiger partial charge >= 0.3 is 0 Å². The predicted octanol–water partition coefficient (Wildman–Crippen LogP) is 0.137. The van der Waals surface area contributed by atoms with Crippen LogP contribution in [0.5, 0.6) is 0 Å². The molecule has 0 atom stereocenters. The van der Waals surface area contributed by atoms with E-state index in [4.69, 9.17) is 10.9 Å². The van der Waals surface area contributed by atoms with Crippen molar-refractivity contribution in [2.24, 2.45) is 10.9 Å². The molecule has 3 N–H and O–H groups in total. The first-order valence-electron chi connectivity index (χ1n) is 4.71. The highest BCUT2D eigenvalue weighted by atomic mass is 32.1. The van der Waals surface area contributed by atoms with Gasteiger partial charge in [-0.15, -0.1) is 5.10 Å². The Morgan fingerprint density at radius 3 is 3.00 bits per heavy atom. The van der Waals surface area contributed by atoms with Gasteiger partial charge in [0.25, 0.3) is 5.91 Å². The number of hydrogen-bond acceptors (Lipinski definition) is 6. The molecule has 1 amide bonds. The Hall–Kier alpha value is -1.70. The fraction of sp³-hybridized carbons (Fsp3) is 0.500. The van der Waals surface area contributed by atoms with Gasteiger partial charge < -0.3 is 15.8 Å². The first kappa shape index (κ1) is 12.4. The van der Waals surface area contributed by atoms with Crippen molar-refractivity contribution in [3.8, 4) is 0 Å². The highest BCUT2D eigenvalue weighted by molar-refractivity contribution is 7.03. The Morgan fingerprint density at radius 1 is 1.75 bits per heavy atom. The summed E-state index contributed by atoms with van der Waals surface area (Å²) in [7, 11) is 0. The van der Waals surface area contributed by atoms with Crippen LogP contribution in [-0.2, 0) is 0 Å². The number of carbonyl (C=O) groups excluding carboxylic acids is 1. The second kappa shape index (κ2) is 6.01. The van der Waals surface area contributed by atoms with Gasteiger partial charge in [0.2, 0.25) is 0 Å². The third-order valence-electron chi connectivity index (χ3n) is 2.01. The molecule has 1 aromatic heterocycles. The minimum Gasteiger partial charge on any atom is -0.409 e. The van der Waals surface area contributed by atoms with Crippen LogP contribution in [0.1, 0.15) is 23.8 Å². The van der Waals surface area contributed by atoms with Gasteiger partial charge in [0.05, 0.1) is 0 Å². The molecule has 0 aliphatic heterocycles. The Labute approximate surface area is 96.7 Å². The molecule has 0 spiro atoms. The highest BCUT2D eigenvalue weighted by Gasteiger charge is 2.16. The largest absolute Gasteiger partial charge is 0.409 e. The molecule has 1 aromatic rings. The molecule has 0 aliphatic rings. The van der Waals surface area contributed by atoms with Crippen molar-refractivity contribution >= 4 is 23.3 Å². The molecule has 0 saturated heterocycles. The highest BCUT2D eigenvalue weighted by Crippen LogP contribution is 2.04. The van der Waals surface area contributed by atoms with Gasteiger partial charge in [-0.2, -0.15) is 0 Å². The number of oxime groups is 1. The topological polar surface area (TPSA) is 105 Å². The number of aromatic nitrogens is 2. The van der Waals surface area contributed by atoms with Crippen molar-refractivity contribution in [2.45, 2.75) is 13.3 Å². The molecule has 0 aromatic carbocycles. The summed E-state index contributed by atoms with van der Waals surface area (Å²) in [4.78, 5) is 13.4. The molecule has 8 heteroatoms. The van der Waals surface area contributed by atoms with Gasteiger partial charge in [-0.05, 0) is 18.5 Å². The van der Waals surface area contributed by atoms with Crippen LogP contribution in [0.4, 0.5) is 0 Å². The molecule has 1 rings (SSSR count). The standard InChI is InChI=1S/C8H13N5O2S/c1-2-13(4-3-7(9)11-15)8(14)6-5-16-12-10-6/h5,15H,2-4H2,1H3,(H2,9,11). The normalized spacial score (nSPS) is 11.4. The van der Waals surface area contributed by atoms with Crippen LogP contribution in [0.15, 0.2) is 10.5 Å². The summed E-state index contributed by atoms with van der Waals surface area (Å²) < 4.78 is 3.63. The molecule has 0 aliphatic carbocycles. The molecule has 0 saturated carbocycles. The second-order valence-corrected chi connectivity index (χ2v) is 3.63. The fourth-order valence-electron chi connectivity index (χ4n) is 1.12. The van der Waals surface area contributed by atoms with Crippen molar-refractivity contribution in [2.75, 3.05) is 13.1 Å². The smallest absolute Gasteiger partial charge is 0.275 e. The minimum atomic E-state index is -0.193. The van der Waals surface area contributed by atoms with Crippen molar-refractivity contribution in [3.05, 3.63) is 11.1 Å². The van der Waals surface area contributed by atoms with Crippen molar-refractivity contribution in [1.82, 2.24) is 14.5 Å². The monoisotopic (exact) mass is 243 g/mol. The third-order valence-corrected chi connectivity index (χ3v) is 2.52. The van der Waals surface area contributed by atoms with Gasteiger partial charge in [-0.3, -0.25) is 4.79 Å². The van der Waals surface area contributed by atoms with E-state index >= 15 is 0 Å². The summed E-state index contributed by atoms with van der Waals surface area (Å²) in [5, 5.41) is 16.5. The Morgan fingerprint density at radius 2 is 2.50 bits per heavy atom. The first-order chi connectivity index (χ1) is 7.69. The maximum absolute atomic E-state index is 11.8. The van der Waals surface area contributed by atoms with Crippen LogP contribution in [0.3, 0.4) is 0 Å². The number of hydrogen-bond donors (Lipinski definition) is 2. The zero-order valence-electron chi connectivity index (χ0n) is 8.83. The van der Waals surface area contributed by atoms with Gasteiger partial charge in [-0.1, -0.05) is 9.64 Å². The SMILES string of the molecule is CCN(CCC(N)=NO)C(=O)c1csnn1. The van der Waals surface area contributed by atoms with Gasteiger partial charge in [-0.25, -0.2) is 0 Å². The van der Waals surface area contributed by atoms with Crippen molar-refractivity contribution in [1.29, 1.82) is 0 Å². The number of nitrogens with zero attached hydrogens (tertiary/aromatic N) is 4. The van der Waals surface area contributed by atoms with Crippen molar-refractivity contribution < 1.29 is 10.0 Å². The molecule has 0 fully saturated rings. The van der Waals surface area contributed by atoms with Crippen LogP contribution in [-0.4, -0.2) is 44.5 Å². The summed E-state index contributed by atoms with van der Waals surface area (Å²) >= 11 is 1.13. The van der Waals surface area contributed by atoms with Gasteiger partial charge in [0.1, 0.15) is 5.84 Å². The summed E-state index contributed by atoms with van der Waals surface area (Å²) in [6.45, 7) is 2.78. The molecule has 0 bridgehead atoms. The number of amides is 1. The number of carbonyl (C=O) groups is 1. The molecule has 16 heavy (non-hydrogen) atoms. The lowest BCUT2D eigenvalue weighted by Crippen LogP contribution is -2.34. The summed E-state index contributed by atoms with van der Waals surface area (Å²) in [5.41, 5.74) is 5.66. The van der Waals surface area contributed by atoms with E-state index in [1.54, 1.807) is 10.3 Å². The van der Waals surface area contributed by atoms with Crippen LogP contribution in [0.2, 0.25) is 0 Å². The van der Waals surface area contributed by atoms with Crippen molar-refractivity contribution in [3.63, 3.8) is 0 Å². The average molecular weight is 243 g/mol. The van der Waals surface area contributed by atoms with Gasteiger partial charge in [0, 0.05) is 24.9 Å². The Balaban J connectivity index is 2.58. The van der Waals surface area contributed by atoms with E-state index < -0.39 is 0 Å². The molecule has 88 valence electrons. The van der Waals surface area contributed by atoms with E-state index in [2.05, 4.69) is 14.7 Å². The number of amidine groups is 1. The van der Waals surface area contributed by atoms with E-state index in [0.29, 0.717) is 25.2 Å². The predicted molar refractivity (Wildman–Crippen MR) is 59.5 cm³/mol. The molecular formula is C8H13N5O2S. The Kier molecular flexibility index (Phi) is 4.65. The van der Waals surface area contributed by atoms with Crippen LogP contribution < -0.4 is 5.73 Å². The van der Waals surface area contributed by atoms with Crippen LogP contribution >= 0.6 is 11.5 Å². The van der Waals surface area contributed by atoms with E-state index in [-0.39, 0.29) is 11.7 Å². The maximum atomic E-state index is 11.8. The fourth-order valence-corrected chi connectivity index (χ4v) is 1.55. The first-order valence-corrected chi connectivity index (χ1v) is 5.55. The quantitative estimate of drug-likeness (QED) is 0.331. The lowest BCUT2D eigenvalue weighted by Gasteiger charge is -2.18. The van der Waals surface area contributed by atoms with Crippen LogP contribution in [0.25, 0.3) is 0 Å². The summed E-state index contributed by atoms with van der Waals surface area (Å²) in [6.07, 6.45) is 0.327. The summed E-state index contributed by atoms with van der Waals surface area (Å²) in [6, 6.07) is 0. The van der Waals surface area contributed by atoms with Gasteiger partial charge in [0.15, 0.2) is 5.69 Å². The average Bonchev–Trinajstić information content (AvgIpc) is 2.82. The lowest BCUT2D eigenvalue weighted by atomic mass is 10.3. The molecule has 7 nitrogen and oxygen atoms in total. The van der Waals surface area contributed by atoms with E-state index in [1.807, 2.05) is 6.92 Å². The third kappa shape index (κ3) is 3.16.